The Hall–Kier alpha value is -1.75. The predicted octanol–water partition coefficient (Wildman–Crippen LogP) is 2.35. The Morgan fingerprint density at radius 3 is 2.12 bits per heavy atom. The summed E-state index contributed by atoms with van der Waals surface area (Å²) >= 11 is 1.44. The third kappa shape index (κ3) is 2.88. The van der Waals surface area contributed by atoms with Crippen molar-refractivity contribution in [2.45, 2.75) is 11.8 Å². The molecule has 1 rings (SSSR count). The molecule has 90 valence electrons. The Kier molecular flexibility index (Phi) is 4.34. The van der Waals surface area contributed by atoms with Gasteiger partial charge >= 0.3 is 11.9 Å². The second-order valence-corrected chi connectivity index (χ2v) is 4.16. The molecule has 0 atom stereocenters. The number of hydrogen-bond acceptors (Lipinski definition) is 3. The Morgan fingerprint density at radius 1 is 1.12 bits per heavy atom. The fraction of sp³-hybridized carbons (Fsp3) is 0.167. The number of benzene rings is 1. The fourth-order valence-electron chi connectivity index (χ4n) is 1.50. The van der Waals surface area contributed by atoms with Crippen molar-refractivity contribution >= 4 is 29.3 Å². The Bertz CT molecular complexity index is 475. The van der Waals surface area contributed by atoms with Crippen molar-refractivity contribution in [2.24, 2.45) is 0 Å². The van der Waals surface area contributed by atoms with E-state index in [1.807, 2.05) is 18.4 Å². The van der Waals surface area contributed by atoms with Crippen LogP contribution >= 0.6 is 11.8 Å². The highest BCUT2D eigenvalue weighted by Crippen LogP contribution is 2.28. The SMILES string of the molecule is CSc1ccccc1C(C)=C(C(=O)O)C(=O)O. The van der Waals surface area contributed by atoms with E-state index in [1.165, 1.54) is 18.7 Å². The van der Waals surface area contributed by atoms with Gasteiger partial charge in [-0.15, -0.1) is 11.8 Å². The molecule has 17 heavy (non-hydrogen) atoms. The predicted molar refractivity (Wildman–Crippen MR) is 66.1 cm³/mol. The molecule has 1 aromatic carbocycles. The zero-order valence-corrected chi connectivity index (χ0v) is 10.2. The minimum Gasteiger partial charge on any atom is -0.477 e. The van der Waals surface area contributed by atoms with Crippen LogP contribution in [0.25, 0.3) is 5.57 Å². The second kappa shape index (κ2) is 5.54. The summed E-state index contributed by atoms with van der Waals surface area (Å²) in [5.41, 5.74) is 0.307. The number of carboxylic acid groups (broad SMARTS) is 2. The first-order chi connectivity index (χ1) is 7.99. The summed E-state index contributed by atoms with van der Waals surface area (Å²) in [7, 11) is 0. The summed E-state index contributed by atoms with van der Waals surface area (Å²) in [6.45, 7) is 1.51. The third-order valence-corrected chi connectivity index (χ3v) is 3.11. The Morgan fingerprint density at radius 2 is 1.65 bits per heavy atom. The van der Waals surface area contributed by atoms with Gasteiger partial charge in [0.25, 0.3) is 0 Å². The van der Waals surface area contributed by atoms with Crippen LogP contribution < -0.4 is 0 Å². The van der Waals surface area contributed by atoms with Gasteiger partial charge < -0.3 is 10.2 Å². The smallest absolute Gasteiger partial charge is 0.343 e. The molecule has 4 nitrogen and oxygen atoms in total. The van der Waals surface area contributed by atoms with E-state index in [9.17, 15) is 9.59 Å². The number of carboxylic acids is 2. The molecule has 0 spiro atoms. The van der Waals surface area contributed by atoms with Gasteiger partial charge in [0.05, 0.1) is 0 Å². The number of rotatable bonds is 4. The molecule has 0 unspecified atom stereocenters. The van der Waals surface area contributed by atoms with Crippen LogP contribution in [0.3, 0.4) is 0 Å². The molecule has 5 heteroatoms. The zero-order valence-electron chi connectivity index (χ0n) is 9.43. The maximum atomic E-state index is 10.9. The van der Waals surface area contributed by atoms with Crippen molar-refractivity contribution in [3.8, 4) is 0 Å². The first-order valence-electron chi connectivity index (χ1n) is 4.80. The molecule has 0 bridgehead atoms. The molecule has 0 aliphatic heterocycles. The highest BCUT2D eigenvalue weighted by atomic mass is 32.2. The van der Waals surface area contributed by atoms with Crippen molar-refractivity contribution in [1.29, 1.82) is 0 Å². The van der Waals surface area contributed by atoms with Gasteiger partial charge in [-0.1, -0.05) is 18.2 Å². The van der Waals surface area contributed by atoms with Crippen LogP contribution in [0.2, 0.25) is 0 Å². The lowest BCUT2D eigenvalue weighted by Gasteiger charge is -2.09. The molecule has 0 aliphatic rings. The molecule has 0 amide bonds. The number of aliphatic carboxylic acids is 2. The van der Waals surface area contributed by atoms with Crippen LogP contribution in [0.4, 0.5) is 0 Å². The van der Waals surface area contributed by atoms with E-state index in [0.29, 0.717) is 5.56 Å². The minimum atomic E-state index is -1.43. The summed E-state index contributed by atoms with van der Waals surface area (Å²) in [6.07, 6.45) is 1.85. The van der Waals surface area contributed by atoms with Crippen molar-refractivity contribution in [1.82, 2.24) is 0 Å². The lowest BCUT2D eigenvalue weighted by atomic mass is 10.0. The quantitative estimate of drug-likeness (QED) is 0.372. The van der Waals surface area contributed by atoms with E-state index in [-0.39, 0.29) is 5.57 Å². The maximum absolute atomic E-state index is 10.9. The van der Waals surface area contributed by atoms with E-state index < -0.39 is 17.5 Å². The van der Waals surface area contributed by atoms with Crippen LogP contribution in [0, 0.1) is 0 Å². The summed E-state index contributed by atoms with van der Waals surface area (Å²) in [5.74, 6) is -2.85. The molecule has 0 saturated heterocycles. The van der Waals surface area contributed by atoms with Gasteiger partial charge in [-0.2, -0.15) is 0 Å². The first kappa shape index (κ1) is 13.3. The van der Waals surface area contributed by atoms with Crippen LogP contribution in [0.15, 0.2) is 34.7 Å². The van der Waals surface area contributed by atoms with E-state index in [4.69, 9.17) is 10.2 Å². The number of hydrogen-bond donors (Lipinski definition) is 2. The minimum absolute atomic E-state index is 0.259. The molecule has 2 N–H and O–H groups in total. The molecule has 0 heterocycles. The first-order valence-corrected chi connectivity index (χ1v) is 6.02. The molecular formula is C12H12O4S. The van der Waals surface area contributed by atoms with Gasteiger partial charge in [0.2, 0.25) is 0 Å². The lowest BCUT2D eigenvalue weighted by molar-refractivity contribution is -0.140. The average molecular weight is 252 g/mol. The van der Waals surface area contributed by atoms with Crippen molar-refractivity contribution < 1.29 is 19.8 Å². The van der Waals surface area contributed by atoms with Gasteiger partial charge in [0.1, 0.15) is 5.57 Å². The highest BCUT2D eigenvalue weighted by molar-refractivity contribution is 7.98. The van der Waals surface area contributed by atoms with Crippen molar-refractivity contribution in [3.05, 3.63) is 35.4 Å². The second-order valence-electron chi connectivity index (χ2n) is 3.31. The maximum Gasteiger partial charge on any atom is 0.343 e. The molecule has 0 aliphatic carbocycles. The van der Waals surface area contributed by atoms with Gasteiger partial charge in [0.15, 0.2) is 0 Å². The number of allylic oxidation sites excluding steroid dienone is 1. The Balaban J connectivity index is 3.44. The van der Waals surface area contributed by atoms with Crippen LogP contribution in [0.1, 0.15) is 12.5 Å². The van der Waals surface area contributed by atoms with Crippen LogP contribution in [-0.2, 0) is 9.59 Å². The summed E-state index contributed by atoms with van der Waals surface area (Å²) in [5, 5.41) is 17.8. The molecule has 0 radical (unpaired) electrons. The molecule has 0 saturated carbocycles. The van der Waals surface area contributed by atoms with E-state index in [0.717, 1.165) is 4.90 Å². The van der Waals surface area contributed by atoms with E-state index in [2.05, 4.69) is 0 Å². The topological polar surface area (TPSA) is 74.6 Å². The summed E-state index contributed by atoms with van der Waals surface area (Å²) in [6, 6.07) is 7.11. The summed E-state index contributed by atoms with van der Waals surface area (Å²) < 4.78 is 0. The van der Waals surface area contributed by atoms with Crippen molar-refractivity contribution in [2.75, 3.05) is 6.26 Å². The van der Waals surface area contributed by atoms with Gasteiger partial charge in [-0.05, 0) is 30.4 Å². The molecule has 0 aromatic heterocycles. The van der Waals surface area contributed by atoms with Gasteiger partial charge in [0, 0.05) is 4.90 Å². The zero-order chi connectivity index (χ0) is 13.0. The van der Waals surface area contributed by atoms with Crippen molar-refractivity contribution in [3.63, 3.8) is 0 Å². The molecule has 0 fully saturated rings. The van der Waals surface area contributed by atoms with E-state index in [1.54, 1.807) is 12.1 Å². The fourth-order valence-corrected chi connectivity index (χ4v) is 2.16. The third-order valence-electron chi connectivity index (χ3n) is 2.31. The van der Waals surface area contributed by atoms with Crippen LogP contribution in [-0.4, -0.2) is 28.4 Å². The van der Waals surface area contributed by atoms with Gasteiger partial charge in [-0.25, -0.2) is 9.59 Å². The monoisotopic (exact) mass is 252 g/mol. The van der Waals surface area contributed by atoms with E-state index >= 15 is 0 Å². The highest BCUT2D eigenvalue weighted by Gasteiger charge is 2.21. The van der Waals surface area contributed by atoms with Crippen LogP contribution in [0.5, 0.6) is 0 Å². The average Bonchev–Trinajstić information content (AvgIpc) is 2.27. The van der Waals surface area contributed by atoms with Gasteiger partial charge in [-0.3, -0.25) is 0 Å². The normalized spacial score (nSPS) is 9.76. The molecular weight excluding hydrogens is 240 g/mol. The summed E-state index contributed by atoms with van der Waals surface area (Å²) in [4.78, 5) is 22.7. The Labute approximate surface area is 103 Å². The lowest BCUT2D eigenvalue weighted by Crippen LogP contribution is -2.13. The largest absolute Gasteiger partial charge is 0.477 e. The number of carbonyl (C=O) groups is 2. The number of thioether (sulfide) groups is 1. The standard InChI is InChI=1S/C12H12O4S/c1-7(10(11(13)14)12(15)16)8-5-3-4-6-9(8)17-2/h3-6H,1-2H3,(H,13,14)(H,15,16). The molecule has 1 aromatic rings.